The summed E-state index contributed by atoms with van der Waals surface area (Å²) in [5, 5.41) is 9.36. The molecule has 4 rings (SSSR count). The first kappa shape index (κ1) is 17.4. The molecule has 27 heavy (non-hydrogen) atoms. The monoisotopic (exact) mass is 378 g/mol. The van der Waals surface area contributed by atoms with Crippen molar-refractivity contribution >= 4 is 11.8 Å². The summed E-state index contributed by atoms with van der Waals surface area (Å²) in [6.07, 6.45) is 3.44. The average Bonchev–Trinajstić information content (AvgIpc) is 3.42. The lowest BCUT2D eigenvalue weighted by molar-refractivity contribution is 0.540. The van der Waals surface area contributed by atoms with Crippen LogP contribution in [0.3, 0.4) is 0 Å². The third kappa shape index (κ3) is 3.59. The van der Waals surface area contributed by atoms with Gasteiger partial charge in [-0.2, -0.15) is 0 Å². The molecule has 0 unspecified atom stereocenters. The summed E-state index contributed by atoms with van der Waals surface area (Å²) in [6, 6.07) is 13.6. The normalized spacial score (nSPS) is 11.0. The molecule has 0 saturated carbocycles. The molecule has 3 heterocycles. The van der Waals surface area contributed by atoms with Gasteiger partial charge in [0.05, 0.1) is 12.0 Å². The summed E-state index contributed by atoms with van der Waals surface area (Å²) in [5.74, 6) is 3.44. The maximum Gasteiger partial charge on any atom is 0.226 e. The number of aryl methyl sites for hydroxylation is 1. The van der Waals surface area contributed by atoms with Crippen molar-refractivity contribution in [3.8, 4) is 23.0 Å². The van der Waals surface area contributed by atoms with Crippen molar-refractivity contribution in [3.63, 3.8) is 0 Å². The zero-order valence-electron chi connectivity index (χ0n) is 14.8. The summed E-state index contributed by atoms with van der Waals surface area (Å²) < 4.78 is 13.3. The van der Waals surface area contributed by atoms with Crippen molar-refractivity contribution in [1.29, 1.82) is 0 Å². The van der Waals surface area contributed by atoms with Crippen molar-refractivity contribution in [3.05, 3.63) is 72.8 Å². The number of furan rings is 1. The summed E-state index contributed by atoms with van der Waals surface area (Å²) in [7, 11) is 0. The van der Waals surface area contributed by atoms with Crippen molar-refractivity contribution in [2.24, 2.45) is 0 Å². The second kappa shape index (κ2) is 7.67. The summed E-state index contributed by atoms with van der Waals surface area (Å²) >= 11 is 1.56. The van der Waals surface area contributed by atoms with Gasteiger partial charge < -0.3 is 8.83 Å². The minimum atomic E-state index is 0.596. The molecule has 0 spiro atoms. The highest BCUT2D eigenvalue weighted by molar-refractivity contribution is 7.98. The highest BCUT2D eigenvalue weighted by Gasteiger charge is 2.17. The van der Waals surface area contributed by atoms with E-state index in [4.69, 9.17) is 8.83 Å². The number of nitrogens with zero attached hydrogens (tertiary/aromatic N) is 4. The molecule has 4 aromatic rings. The Labute approximate surface area is 160 Å². The van der Waals surface area contributed by atoms with E-state index in [9.17, 15) is 0 Å². The maximum absolute atomic E-state index is 5.83. The Bertz CT molecular complexity index is 1040. The van der Waals surface area contributed by atoms with Crippen molar-refractivity contribution < 1.29 is 8.83 Å². The van der Waals surface area contributed by atoms with Crippen LogP contribution in [-0.4, -0.2) is 19.7 Å². The van der Waals surface area contributed by atoms with Crippen molar-refractivity contribution in [2.45, 2.75) is 24.4 Å². The molecular formula is C20H18N4O2S. The number of hydrogen-bond donors (Lipinski definition) is 0. The average molecular weight is 378 g/mol. The first-order valence-corrected chi connectivity index (χ1v) is 9.47. The number of aromatic nitrogens is 4. The van der Waals surface area contributed by atoms with Crippen LogP contribution in [0, 0.1) is 6.92 Å². The highest BCUT2D eigenvalue weighted by atomic mass is 32.2. The first-order valence-electron chi connectivity index (χ1n) is 8.48. The number of thioether (sulfide) groups is 1. The molecule has 136 valence electrons. The Hall–Kier alpha value is -3.06. The van der Waals surface area contributed by atoms with E-state index in [1.165, 1.54) is 0 Å². The van der Waals surface area contributed by atoms with E-state index in [-0.39, 0.29) is 0 Å². The van der Waals surface area contributed by atoms with Crippen LogP contribution >= 0.6 is 11.8 Å². The zero-order chi connectivity index (χ0) is 18.6. The van der Waals surface area contributed by atoms with Crippen LogP contribution < -0.4 is 0 Å². The smallest absolute Gasteiger partial charge is 0.226 e. The molecule has 6 nitrogen and oxygen atoms in total. The second-order valence-corrected chi connectivity index (χ2v) is 6.80. The third-order valence-corrected chi connectivity index (χ3v) is 5.00. The van der Waals surface area contributed by atoms with Crippen LogP contribution in [0.4, 0.5) is 0 Å². The molecule has 0 saturated heterocycles. The lowest BCUT2D eigenvalue weighted by atomic mass is 10.2. The summed E-state index contributed by atoms with van der Waals surface area (Å²) in [4.78, 5) is 4.64. The van der Waals surface area contributed by atoms with Gasteiger partial charge in [0, 0.05) is 17.9 Å². The predicted molar refractivity (Wildman–Crippen MR) is 104 cm³/mol. The number of hydrogen-bond acceptors (Lipinski definition) is 6. The first-order chi connectivity index (χ1) is 13.3. The quantitative estimate of drug-likeness (QED) is 0.334. The van der Waals surface area contributed by atoms with E-state index in [2.05, 4.69) is 21.8 Å². The molecule has 3 aromatic heterocycles. The number of oxazole rings is 1. The van der Waals surface area contributed by atoms with Crippen LogP contribution in [-0.2, 0) is 12.3 Å². The van der Waals surface area contributed by atoms with E-state index >= 15 is 0 Å². The fraction of sp³-hybridized carbons (Fsp3) is 0.150. The van der Waals surface area contributed by atoms with Crippen LogP contribution in [0.15, 0.2) is 75.4 Å². The molecule has 0 atom stereocenters. The van der Waals surface area contributed by atoms with Gasteiger partial charge in [-0.05, 0) is 31.2 Å². The van der Waals surface area contributed by atoms with Crippen molar-refractivity contribution in [1.82, 2.24) is 19.7 Å². The summed E-state index contributed by atoms with van der Waals surface area (Å²) in [6.45, 7) is 6.35. The Morgan fingerprint density at radius 3 is 2.74 bits per heavy atom. The lowest BCUT2D eigenvalue weighted by Crippen LogP contribution is -2.00. The molecular weight excluding hydrogens is 360 g/mol. The van der Waals surface area contributed by atoms with Gasteiger partial charge in [-0.3, -0.25) is 4.57 Å². The summed E-state index contributed by atoms with van der Waals surface area (Å²) in [5.41, 5.74) is 1.86. The van der Waals surface area contributed by atoms with Gasteiger partial charge in [0.25, 0.3) is 0 Å². The van der Waals surface area contributed by atoms with Gasteiger partial charge in [-0.25, -0.2) is 4.98 Å². The Morgan fingerprint density at radius 1 is 1.15 bits per heavy atom. The van der Waals surface area contributed by atoms with Crippen LogP contribution in [0.25, 0.3) is 23.0 Å². The molecule has 0 fully saturated rings. The Balaban J connectivity index is 1.56. The van der Waals surface area contributed by atoms with Crippen LogP contribution in [0.5, 0.6) is 0 Å². The SMILES string of the molecule is C=CCn1c(SCc2nc(-c3ccccc3)oc2C)nnc1-c1ccco1. The van der Waals surface area contributed by atoms with Gasteiger partial charge in [0.15, 0.2) is 10.9 Å². The van der Waals surface area contributed by atoms with Crippen LogP contribution in [0.2, 0.25) is 0 Å². The molecule has 0 bridgehead atoms. The van der Waals surface area contributed by atoms with Gasteiger partial charge >= 0.3 is 0 Å². The number of allylic oxidation sites excluding steroid dienone is 1. The molecule has 0 aliphatic rings. The Morgan fingerprint density at radius 2 is 2.00 bits per heavy atom. The van der Waals surface area contributed by atoms with Crippen molar-refractivity contribution in [2.75, 3.05) is 0 Å². The maximum atomic E-state index is 5.83. The minimum Gasteiger partial charge on any atom is -0.461 e. The molecule has 1 aromatic carbocycles. The largest absolute Gasteiger partial charge is 0.461 e. The van der Waals surface area contributed by atoms with Gasteiger partial charge in [-0.15, -0.1) is 16.8 Å². The van der Waals surface area contributed by atoms with E-state index in [1.807, 2.05) is 60.0 Å². The van der Waals surface area contributed by atoms with Crippen LogP contribution in [0.1, 0.15) is 11.5 Å². The number of rotatable bonds is 7. The zero-order valence-corrected chi connectivity index (χ0v) is 15.6. The second-order valence-electron chi connectivity index (χ2n) is 5.86. The molecule has 7 heteroatoms. The molecule has 0 radical (unpaired) electrons. The molecule has 0 amide bonds. The molecule has 0 aliphatic carbocycles. The minimum absolute atomic E-state index is 0.596. The van der Waals surface area contributed by atoms with Gasteiger partial charge in [0.2, 0.25) is 11.7 Å². The van der Waals surface area contributed by atoms with Gasteiger partial charge in [0.1, 0.15) is 5.76 Å². The van der Waals surface area contributed by atoms with E-state index in [0.717, 1.165) is 22.2 Å². The molecule has 0 N–H and O–H groups in total. The number of benzene rings is 1. The third-order valence-electron chi connectivity index (χ3n) is 4.02. The van der Waals surface area contributed by atoms with E-state index in [0.29, 0.717) is 29.8 Å². The molecule has 0 aliphatic heterocycles. The fourth-order valence-electron chi connectivity index (χ4n) is 2.68. The van der Waals surface area contributed by atoms with E-state index < -0.39 is 0 Å². The Kier molecular flexibility index (Phi) is 4.93. The lowest BCUT2D eigenvalue weighted by Gasteiger charge is -2.05. The fourth-order valence-corrected chi connectivity index (χ4v) is 3.63. The van der Waals surface area contributed by atoms with E-state index in [1.54, 1.807) is 18.0 Å². The predicted octanol–water partition coefficient (Wildman–Crippen LogP) is 4.98. The highest BCUT2D eigenvalue weighted by Crippen LogP contribution is 2.29. The van der Waals surface area contributed by atoms with Gasteiger partial charge in [-0.1, -0.05) is 36.0 Å². The topological polar surface area (TPSA) is 69.9 Å². The standard InChI is InChI=1S/C20H18N4O2S/c1-3-11-24-18(17-10-7-12-25-17)22-23-20(24)27-13-16-14(2)26-19(21-16)15-8-5-4-6-9-15/h3-10,12H,1,11,13H2,2H3.